The van der Waals surface area contributed by atoms with Gasteiger partial charge in [-0.15, -0.1) is 0 Å². The van der Waals surface area contributed by atoms with Crippen LogP contribution in [-0.2, 0) is 9.53 Å². The number of ether oxygens (including phenoxy) is 1. The zero-order valence-electron chi connectivity index (χ0n) is 13.6. The van der Waals surface area contributed by atoms with Gasteiger partial charge >= 0.3 is 0 Å². The SMILES string of the molecule is O=C(NCCCN1CCCC1)C1(CCO)CC12CCOCC2. The molecule has 0 radical (unpaired) electrons. The molecule has 5 nitrogen and oxygen atoms in total. The molecule has 1 unspecified atom stereocenters. The molecule has 2 N–H and O–H groups in total. The molecule has 1 spiro atoms. The number of aliphatic hydroxyl groups is 1. The molecule has 1 aliphatic carbocycles. The van der Waals surface area contributed by atoms with E-state index in [-0.39, 0.29) is 23.3 Å². The Balaban J connectivity index is 1.46. The van der Waals surface area contributed by atoms with E-state index < -0.39 is 0 Å². The fourth-order valence-corrected chi connectivity index (χ4v) is 4.61. The first kappa shape index (κ1) is 16.2. The van der Waals surface area contributed by atoms with E-state index >= 15 is 0 Å². The van der Waals surface area contributed by atoms with Crippen LogP contribution in [0.4, 0.5) is 0 Å². The molecular formula is C17H30N2O3. The Hall–Kier alpha value is -0.650. The normalized spacial score (nSPS) is 30.6. The molecule has 3 fully saturated rings. The van der Waals surface area contributed by atoms with Crippen molar-refractivity contribution >= 4 is 5.91 Å². The van der Waals surface area contributed by atoms with Gasteiger partial charge in [-0.05, 0) is 70.0 Å². The predicted octanol–water partition coefficient (Wildman–Crippen LogP) is 1.16. The average Bonchev–Trinajstić information content (AvgIpc) is 2.90. The fraction of sp³-hybridized carbons (Fsp3) is 0.941. The summed E-state index contributed by atoms with van der Waals surface area (Å²) in [6.45, 7) is 5.90. The molecule has 0 aromatic rings. The Labute approximate surface area is 133 Å². The van der Waals surface area contributed by atoms with Crippen LogP contribution >= 0.6 is 0 Å². The van der Waals surface area contributed by atoms with Gasteiger partial charge < -0.3 is 20.1 Å². The Morgan fingerprint density at radius 2 is 1.95 bits per heavy atom. The van der Waals surface area contributed by atoms with Crippen molar-refractivity contribution < 1.29 is 14.6 Å². The van der Waals surface area contributed by atoms with E-state index in [0.717, 1.165) is 52.0 Å². The number of nitrogens with one attached hydrogen (secondary N) is 1. The first-order valence-corrected chi connectivity index (χ1v) is 8.92. The van der Waals surface area contributed by atoms with E-state index in [1.54, 1.807) is 0 Å². The Bertz CT molecular complexity index is 389. The van der Waals surface area contributed by atoms with Crippen molar-refractivity contribution in [3.63, 3.8) is 0 Å². The van der Waals surface area contributed by atoms with Crippen LogP contribution in [-0.4, -0.2) is 61.9 Å². The second kappa shape index (κ2) is 6.85. The highest BCUT2D eigenvalue weighted by atomic mass is 16.5. The molecule has 0 aromatic carbocycles. The number of carbonyl (C=O) groups excluding carboxylic acids is 1. The molecule has 126 valence electrons. The first-order chi connectivity index (χ1) is 10.7. The van der Waals surface area contributed by atoms with Gasteiger partial charge in [0.05, 0.1) is 5.41 Å². The van der Waals surface area contributed by atoms with Gasteiger partial charge in [-0.1, -0.05) is 0 Å². The van der Waals surface area contributed by atoms with Gasteiger partial charge in [-0.2, -0.15) is 0 Å². The van der Waals surface area contributed by atoms with Crippen LogP contribution in [0.25, 0.3) is 0 Å². The summed E-state index contributed by atoms with van der Waals surface area (Å²) < 4.78 is 5.45. The molecule has 3 rings (SSSR count). The minimum absolute atomic E-state index is 0.101. The molecule has 3 aliphatic rings. The van der Waals surface area contributed by atoms with Crippen molar-refractivity contribution in [3.05, 3.63) is 0 Å². The van der Waals surface area contributed by atoms with Crippen LogP contribution < -0.4 is 5.32 Å². The lowest BCUT2D eigenvalue weighted by molar-refractivity contribution is -0.129. The van der Waals surface area contributed by atoms with Crippen LogP contribution in [0.3, 0.4) is 0 Å². The highest BCUT2D eigenvalue weighted by Crippen LogP contribution is 2.70. The van der Waals surface area contributed by atoms with Crippen molar-refractivity contribution in [2.24, 2.45) is 10.8 Å². The van der Waals surface area contributed by atoms with Gasteiger partial charge in [0.25, 0.3) is 0 Å². The van der Waals surface area contributed by atoms with Gasteiger partial charge in [-0.3, -0.25) is 4.79 Å². The fourth-order valence-electron chi connectivity index (χ4n) is 4.61. The van der Waals surface area contributed by atoms with Crippen LogP contribution in [0.2, 0.25) is 0 Å². The second-order valence-corrected chi connectivity index (χ2v) is 7.28. The van der Waals surface area contributed by atoms with E-state index in [1.165, 1.54) is 25.9 Å². The third-order valence-corrected chi connectivity index (χ3v) is 6.09. The molecule has 2 saturated heterocycles. The minimum atomic E-state index is -0.320. The number of hydrogen-bond donors (Lipinski definition) is 2. The average molecular weight is 310 g/mol. The standard InChI is InChI=1S/C17H30N2O3/c20-11-4-17(14-16(17)5-12-22-13-6-16)15(21)18-7-3-10-19-8-1-2-9-19/h20H,1-14H2,(H,18,21). The lowest BCUT2D eigenvalue weighted by Crippen LogP contribution is -2.39. The van der Waals surface area contributed by atoms with Gasteiger partial charge in [0.15, 0.2) is 0 Å². The predicted molar refractivity (Wildman–Crippen MR) is 84.5 cm³/mol. The molecule has 1 atom stereocenters. The number of rotatable bonds is 7. The molecule has 2 aliphatic heterocycles. The summed E-state index contributed by atoms with van der Waals surface area (Å²) in [4.78, 5) is 15.2. The van der Waals surface area contributed by atoms with Gasteiger partial charge in [-0.25, -0.2) is 0 Å². The third kappa shape index (κ3) is 3.03. The van der Waals surface area contributed by atoms with Crippen molar-refractivity contribution in [2.75, 3.05) is 46.0 Å². The number of nitrogens with zero attached hydrogens (tertiary/aromatic N) is 1. The third-order valence-electron chi connectivity index (χ3n) is 6.09. The summed E-state index contributed by atoms with van der Waals surface area (Å²) in [5.74, 6) is 0.171. The van der Waals surface area contributed by atoms with Crippen LogP contribution in [0.15, 0.2) is 0 Å². The zero-order chi connectivity index (χ0) is 15.5. The van der Waals surface area contributed by atoms with E-state index in [1.807, 2.05) is 0 Å². The van der Waals surface area contributed by atoms with Crippen molar-refractivity contribution in [1.82, 2.24) is 10.2 Å². The summed E-state index contributed by atoms with van der Waals surface area (Å²) in [6.07, 6.45) is 7.12. The lowest BCUT2D eigenvalue weighted by atomic mass is 9.83. The maximum Gasteiger partial charge on any atom is 0.226 e. The molecule has 2 heterocycles. The molecular weight excluding hydrogens is 280 g/mol. The van der Waals surface area contributed by atoms with Gasteiger partial charge in [0.1, 0.15) is 0 Å². The van der Waals surface area contributed by atoms with E-state index in [9.17, 15) is 9.90 Å². The van der Waals surface area contributed by atoms with Crippen LogP contribution in [0.1, 0.15) is 44.9 Å². The largest absolute Gasteiger partial charge is 0.396 e. The van der Waals surface area contributed by atoms with E-state index in [0.29, 0.717) is 6.42 Å². The molecule has 22 heavy (non-hydrogen) atoms. The molecule has 1 amide bonds. The maximum atomic E-state index is 12.7. The molecule has 5 heteroatoms. The summed E-state index contributed by atoms with van der Waals surface area (Å²) in [5, 5.41) is 12.6. The van der Waals surface area contributed by atoms with Crippen molar-refractivity contribution in [2.45, 2.75) is 44.9 Å². The second-order valence-electron chi connectivity index (χ2n) is 7.28. The number of amides is 1. The summed E-state index contributed by atoms with van der Waals surface area (Å²) in [5.41, 5.74) is -0.216. The quantitative estimate of drug-likeness (QED) is 0.693. The van der Waals surface area contributed by atoms with Gasteiger partial charge in [0.2, 0.25) is 5.91 Å². The molecule has 1 saturated carbocycles. The number of likely N-dealkylation sites (tertiary alicyclic amines) is 1. The highest BCUT2D eigenvalue weighted by Gasteiger charge is 2.70. The van der Waals surface area contributed by atoms with Crippen LogP contribution in [0.5, 0.6) is 0 Å². The minimum Gasteiger partial charge on any atom is -0.396 e. The smallest absolute Gasteiger partial charge is 0.226 e. The maximum absolute atomic E-state index is 12.7. The molecule has 0 bridgehead atoms. The summed E-state index contributed by atoms with van der Waals surface area (Å²) >= 11 is 0. The molecule has 0 aromatic heterocycles. The Morgan fingerprint density at radius 1 is 1.23 bits per heavy atom. The summed E-state index contributed by atoms with van der Waals surface area (Å²) in [6, 6.07) is 0. The number of aliphatic hydroxyl groups excluding tert-OH is 1. The van der Waals surface area contributed by atoms with Crippen molar-refractivity contribution in [1.29, 1.82) is 0 Å². The van der Waals surface area contributed by atoms with Gasteiger partial charge in [0, 0.05) is 26.4 Å². The monoisotopic (exact) mass is 310 g/mol. The topological polar surface area (TPSA) is 61.8 Å². The lowest BCUT2D eigenvalue weighted by Gasteiger charge is -2.28. The van der Waals surface area contributed by atoms with Crippen molar-refractivity contribution in [3.8, 4) is 0 Å². The highest BCUT2D eigenvalue weighted by molar-refractivity contribution is 5.87. The first-order valence-electron chi connectivity index (χ1n) is 8.92. The van der Waals surface area contributed by atoms with E-state index in [2.05, 4.69) is 10.2 Å². The zero-order valence-corrected chi connectivity index (χ0v) is 13.6. The number of hydrogen-bond acceptors (Lipinski definition) is 4. The van der Waals surface area contributed by atoms with E-state index in [4.69, 9.17) is 4.74 Å². The Kier molecular flexibility index (Phi) is 5.05. The van der Waals surface area contributed by atoms with Crippen LogP contribution in [0, 0.1) is 10.8 Å². The Morgan fingerprint density at radius 3 is 2.64 bits per heavy atom. The summed E-state index contributed by atoms with van der Waals surface area (Å²) in [7, 11) is 0. The number of carbonyl (C=O) groups is 1.